The van der Waals surface area contributed by atoms with Crippen molar-refractivity contribution in [3.8, 4) is 17.0 Å². The Morgan fingerprint density at radius 2 is 2.03 bits per heavy atom. The average molecular weight is 403 g/mol. The number of hydrogen-bond donors (Lipinski definition) is 1. The molecule has 5 rings (SSSR count). The van der Waals surface area contributed by atoms with Gasteiger partial charge in [0.25, 0.3) is 0 Å². The molecule has 30 heavy (non-hydrogen) atoms. The van der Waals surface area contributed by atoms with E-state index >= 15 is 0 Å². The minimum Gasteiger partial charge on any atom is -0.487 e. The van der Waals surface area contributed by atoms with Crippen LogP contribution in [0.2, 0.25) is 0 Å². The van der Waals surface area contributed by atoms with Crippen molar-refractivity contribution < 1.29 is 9.53 Å². The van der Waals surface area contributed by atoms with E-state index in [1.54, 1.807) is 6.20 Å². The third-order valence-corrected chi connectivity index (χ3v) is 5.99. The van der Waals surface area contributed by atoms with Crippen LogP contribution in [0.4, 0.5) is 5.82 Å². The molecule has 154 valence electrons. The maximum atomic E-state index is 11.9. The smallest absolute Gasteiger partial charge is 0.156 e. The van der Waals surface area contributed by atoms with E-state index in [0.29, 0.717) is 24.1 Å². The summed E-state index contributed by atoms with van der Waals surface area (Å²) in [6.45, 7) is 3.45. The van der Waals surface area contributed by atoms with Crippen molar-refractivity contribution in [2.45, 2.75) is 19.1 Å². The Hall–Kier alpha value is -3.19. The van der Waals surface area contributed by atoms with Crippen molar-refractivity contribution in [3.05, 3.63) is 59.9 Å². The second-order valence-electron chi connectivity index (χ2n) is 8.07. The van der Waals surface area contributed by atoms with E-state index in [0.717, 1.165) is 60.9 Å². The van der Waals surface area contributed by atoms with Crippen molar-refractivity contribution in [1.82, 2.24) is 19.7 Å². The van der Waals surface area contributed by atoms with Gasteiger partial charge in [0.1, 0.15) is 23.9 Å². The zero-order valence-electron chi connectivity index (χ0n) is 17.0. The minimum atomic E-state index is 0.339. The highest BCUT2D eigenvalue weighted by molar-refractivity contribution is 5.92. The lowest BCUT2D eigenvalue weighted by Crippen LogP contribution is -2.49. The number of aldehydes is 1. The van der Waals surface area contributed by atoms with Gasteiger partial charge in [-0.3, -0.25) is 9.78 Å². The molecule has 2 aromatic heterocycles. The number of hydrogen-bond acceptors (Lipinski definition) is 6. The van der Waals surface area contributed by atoms with Crippen LogP contribution in [-0.2, 0) is 6.61 Å². The molecule has 1 saturated heterocycles. The number of carbonyl (C=O) groups excluding carboxylic acids is 1. The van der Waals surface area contributed by atoms with Crippen molar-refractivity contribution in [2.24, 2.45) is 5.92 Å². The molecule has 1 atom stereocenters. The standard InChI is InChI=1S/C23H25N5O2/c1-27-12-17(13-27)21-9-11-25-23-20(14-29)22(26-28(21)23)16-5-7-19(8-6-16)30-15-18-4-2-3-10-24-18/h2-8,10,14,17,21,25H,9,11-13,15H2,1H3. The van der Waals surface area contributed by atoms with Crippen LogP contribution in [0.3, 0.4) is 0 Å². The molecular weight excluding hydrogens is 378 g/mol. The molecule has 0 radical (unpaired) electrons. The van der Waals surface area contributed by atoms with Crippen molar-refractivity contribution in [2.75, 3.05) is 32.0 Å². The van der Waals surface area contributed by atoms with Gasteiger partial charge in [-0.15, -0.1) is 0 Å². The zero-order valence-corrected chi connectivity index (χ0v) is 17.0. The number of aromatic nitrogens is 3. The summed E-state index contributed by atoms with van der Waals surface area (Å²) in [6.07, 6.45) is 3.71. The number of benzene rings is 1. The van der Waals surface area contributed by atoms with Gasteiger partial charge in [0, 0.05) is 37.3 Å². The molecule has 1 unspecified atom stereocenters. The quantitative estimate of drug-likeness (QED) is 0.637. The van der Waals surface area contributed by atoms with E-state index in [2.05, 4.69) is 22.2 Å². The van der Waals surface area contributed by atoms with Crippen LogP contribution < -0.4 is 10.1 Å². The summed E-state index contributed by atoms with van der Waals surface area (Å²) >= 11 is 0. The fourth-order valence-electron chi connectivity index (χ4n) is 4.42. The summed E-state index contributed by atoms with van der Waals surface area (Å²) in [4.78, 5) is 18.5. The predicted octanol–water partition coefficient (Wildman–Crippen LogP) is 3.25. The van der Waals surface area contributed by atoms with Crippen LogP contribution >= 0.6 is 0 Å². The van der Waals surface area contributed by atoms with Crippen molar-refractivity contribution >= 4 is 12.1 Å². The highest BCUT2D eigenvalue weighted by atomic mass is 16.5. The monoisotopic (exact) mass is 403 g/mol. The first-order chi connectivity index (χ1) is 14.7. The van der Waals surface area contributed by atoms with Gasteiger partial charge in [-0.05, 0) is 49.9 Å². The molecular formula is C23H25N5O2. The molecule has 1 N–H and O–H groups in total. The van der Waals surface area contributed by atoms with Crippen LogP contribution in [0.15, 0.2) is 48.7 Å². The van der Waals surface area contributed by atoms with Gasteiger partial charge in [0.2, 0.25) is 0 Å². The molecule has 0 amide bonds. The molecule has 0 spiro atoms. The number of nitrogens with zero attached hydrogens (tertiary/aromatic N) is 4. The molecule has 0 saturated carbocycles. The lowest BCUT2D eigenvalue weighted by molar-refractivity contribution is 0.0778. The Morgan fingerprint density at radius 1 is 1.20 bits per heavy atom. The number of nitrogens with one attached hydrogen (secondary N) is 1. The fourth-order valence-corrected chi connectivity index (χ4v) is 4.42. The zero-order chi connectivity index (χ0) is 20.5. The lowest BCUT2D eigenvalue weighted by atomic mass is 9.89. The van der Waals surface area contributed by atoms with Gasteiger partial charge in [-0.25, -0.2) is 4.68 Å². The predicted molar refractivity (Wildman–Crippen MR) is 115 cm³/mol. The topological polar surface area (TPSA) is 72.3 Å². The van der Waals surface area contributed by atoms with E-state index in [1.807, 2.05) is 47.1 Å². The first-order valence-corrected chi connectivity index (χ1v) is 10.4. The van der Waals surface area contributed by atoms with Crippen LogP contribution in [0, 0.1) is 5.92 Å². The first-order valence-electron chi connectivity index (χ1n) is 10.4. The van der Waals surface area contributed by atoms with E-state index in [1.165, 1.54) is 0 Å². The summed E-state index contributed by atoms with van der Waals surface area (Å²) < 4.78 is 7.87. The molecule has 0 bridgehead atoms. The summed E-state index contributed by atoms with van der Waals surface area (Å²) in [7, 11) is 2.14. The normalized spacial score (nSPS) is 18.9. The highest BCUT2D eigenvalue weighted by Gasteiger charge is 2.37. The molecule has 2 aliphatic heterocycles. The van der Waals surface area contributed by atoms with Crippen molar-refractivity contribution in [3.63, 3.8) is 0 Å². The summed E-state index contributed by atoms with van der Waals surface area (Å²) in [5.74, 6) is 2.20. The number of fused-ring (bicyclic) bond motifs is 1. The SMILES string of the molecule is CN1CC(C2CCNc3c(C=O)c(-c4ccc(OCc5ccccn5)cc4)nn32)C1. The van der Waals surface area contributed by atoms with Crippen LogP contribution in [0.1, 0.15) is 28.5 Å². The maximum absolute atomic E-state index is 11.9. The highest BCUT2D eigenvalue weighted by Crippen LogP contribution is 2.38. The summed E-state index contributed by atoms with van der Waals surface area (Å²) in [5, 5.41) is 8.27. The van der Waals surface area contributed by atoms with E-state index < -0.39 is 0 Å². The molecule has 2 aliphatic rings. The Balaban J connectivity index is 1.38. The third-order valence-electron chi connectivity index (χ3n) is 5.99. The molecule has 7 nitrogen and oxygen atoms in total. The first kappa shape index (κ1) is 18.8. The van der Waals surface area contributed by atoms with E-state index in [4.69, 9.17) is 9.84 Å². The Labute approximate surface area is 175 Å². The number of anilines is 1. The molecule has 0 aliphatic carbocycles. The Bertz CT molecular complexity index is 1030. The van der Waals surface area contributed by atoms with Gasteiger partial charge in [0.05, 0.1) is 17.3 Å². The van der Waals surface area contributed by atoms with Crippen molar-refractivity contribution in [1.29, 1.82) is 0 Å². The van der Waals surface area contributed by atoms with Gasteiger partial charge in [0.15, 0.2) is 6.29 Å². The lowest BCUT2D eigenvalue weighted by Gasteiger charge is -2.43. The van der Waals surface area contributed by atoms with Crippen LogP contribution in [-0.4, -0.2) is 52.6 Å². The number of carbonyl (C=O) groups is 1. The number of likely N-dealkylation sites (tertiary alicyclic amines) is 1. The minimum absolute atomic E-state index is 0.339. The summed E-state index contributed by atoms with van der Waals surface area (Å²) in [6, 6.07) is 13.8. The van der Waals surface area contributed by atoms with Crippen LogP contribution in [0.25, 0.3) is 11.3 Å². The van der Waals surface area contributed by atoms with Gasteiger partial charge in [-0.2, -0.15) is 5.10 Å². The molecule has 7 heteroatoms. The van der Waals surface area contributed by atoms with Crippen LogP contribution in [0.5, 0.6) is 5.75 Å². The summed E-state index contributed by atoms with van der Waals surface area (Å²) in [5.41, 5.74) is 3.15. The Morgan fingerprint density at radius 3 is 2.73 bits per heavy atom. The number of rotatable bonds is 6. The second kappa shape index (κ2) is 7.91. The van der Waals surface area contributed by atoms with E-state index in [-0.39, 0.29) is 0 Å². The number of pyridine rings is 1. The molecule has 1 aromatic carbocycles. The number of ether oxygens (including phenoxy) is 1. The maximum Gasteiger partial charge on any atom is 0.156 e. The average Bonchev–Trinajstić information content (AvgIpc) is 3.15. The molecule has 3 aromatic rings. The second-order valence-corrected chi connectivity index (χ2v) is 8.07. The van der Waals surface area contributed by atoms with Gasteiger partial charge >= 0.3 is 0 Å². The van der Waals surface area contributed by atoms with E-state index in [9.17, 15) is 4.79 Å². The molecule has 1 fully saturated rings. The largest absolute Gasteiger partial charge is 0.487 e. The fraction of sp³-hybridized carbons (Fsp3) is 0.348. The van der Waals surface area contributed by atoms with Gasteiger partial charge < -0.3 is 15.0 Å². The van der Waals surface area contributed by atoms with Gasteiger partial charge in [-0.1, -0.05) is 6.07 Å². The molecule has 4 heterocycles. The Kier molecular flexibility index (Phi) is 4.96. The third kappa shape index (κ3) is 3.45.